The number of hydrogen-bond donors (Lipinski definition) is 2. The van der Waals surface area contributed by atoms with E-state index in [1.165, 1.54) is 0 Å². The predicted octanol–water partition coefficient (Wildman–Crippen LogP) is 3.63. The van der Waals surface area contributed by atoms with Crippen LogP contribution in [0.3, 0.4) is 0 Å². The average molecular weight is 313 g/mol. The number of rotatable bonds is 6. The average Bonchev–Trinajstić information content (AvgIpc) is 2.54. The SMILES string of the molecule is Cc1cccc(C(C)C)c1NC(=O)COc1cccc(CO)c1. The van der Waals surface area contributed by atoms with Crippen LogP contribution in [0.4, 0.5) is 5.69 Å². The molecule has 2 rings (SSSR count). The number of anilines is 1. The maximum absolute atomic E-state index is 12.2. The monoisotopic (exact) mass is 313 g/mol. The quantitative estimate of drug-likeness (QED) is 0.856. The minimum atomic E-state index is -0.199. The number of benzene rings is 2. The molecule has 1 amide bonds. The van der Waals surface area contributed by atoms with Crippen LogP contribution >= 0.6 is 0 Å². The summed E-state index contributed by atoms with van der Waals surface area (Å²) in [5.41, 5.74) is 3.76. The van der Waals surface area contributed by atoms with Crippen molar-refractivity contribution in [2.24, 2.45) is 0 Å². The molecule has 2 N–H and O–H groups in total. The van der Waals surface area contributed by atoms with Crippen molar-refractivity contribution in [1.82, 2.24) is 0 Å². The molecule has 4 nitrogen and oxygen atoms in total. The van der Waals surface area contributed by atoms with Gasteiger partial charge in [0, 0.05) is 5.69 Å². The van der Waals surface area contributed by atoms with E-state index >= 15 is 0 Å². The first-order valence-electron chi connectivity index (χ1n) is 7.73. The van der Waals surface area contributed by atoms with Gasteiger partial charge in [-0.3, -0.25) is 4.79 Å². The van der Waals surface area contributed by atoms with Crippen molar-refractivity contribution in [2.45, 2.75) is 33.3 Å². The summed E-state index contributed by atoms with van der Waals surface area (Å²) in [5.74, 6) is 0.698. The topological polar surface area (TPSA) is 58.6 Å². The van der Waals surface area contributed by atoms with Gasteiger partial charge in [-0.05, 0) is 41.7 Å². The van der Waals surface area contributed by atoms with Crippen LogP contribution in [0, 0.1) is 6.92 Å². The molecule has 0 fully saturated rings. The van der Waals surface area contributed by atoms with Gasteiger partial charge in [-0.2, -0.15) is 0 Å². The zero-order valence-electron chi connectivity index (χ0n) is 13.8. The van der Waals surface area contributed by atoms with E-state index in [0.29, 0.717) is 11.7 Å². The highest BCUT2D eigenvalue weighted by atomic mass is 16.5. The highest BCUT2D eigenvalue weighted by Gasteiger charge is 2.12. The third kappa shape index (κ3) is 4.57. The molecule has 0 radical (unpaired) electrons. The van der Waals surface area contributed by atoms with Crippen LogP contribution in [0.5, 0.6) is 5.75 Å². The van der Waals surface area contributed by atoms with E-state index < -0.39 is 0 Å². The Bertz CT molecular complexity index is 680. The number of aliphatic hydroxyl groups excluding tert-OH is 1. The van der Waals surface area contributed by atoms with Crippen LogP contribution in [0.2, 0.25) is 0 Å². The highest BCUT2D eigenvalue weighted by molar-refractivity contribution is 5.93. The summed E-state index contributed by atoms with van der Waals surface area (Å²) in [6.45, 7) is 6.06. The third-order valence-corrected chi connectivity index (χ3v) is 3.64. The summed E-state index contributed by atoms with van der Waals surface area (Å²) < 4.78 is 5.50. The van der Waals surface area contributed by atoms with Crippen LogP contribution in [-0.2, 0) is 11.4 Å². The Labute approximate surface area is 137 Å². The second-order valence-electron chi connectivity index (χ2n) is 5.84. The number of hydrogen-bond acceptors (Lipinski definition) is 3. The smallest absolute Gasteiger partial charge is 0.262 e. The van der Waals surface area contributed by atoms with Crippen molar-refractivity contribution < 1.29 is 14.6 Å². The molecule has 0 aliphatic heterocycles. The molecule has 0 unspecified atom stereocenters. The molecule has 23 heavy (non-hydrogen) atoms. The summed E-state index contributed by atoms with van der Waals surface area (Å²) >= 11 is 0. The second-order valence-corrected chi connectivity index (χ2v) is 5.84. The number of ether oxygens (including phenoxy) is 1. The lowest BCUT2D eigenvalue weighted by molar-refractivity contribution is -0.118. The van der Waals surface area contributed by atoms with Gasteiger partial charge in [0.25, 0.3) is 5.91 Å². The fourth-order valence-electron chi connectivity index (χ4n) is 2.40. The van der Waals surface area contributed by atoms with E-state index in [0.717, 1.165) is 22.4 Å². The lowest BCUT2D eigenvalue weighted by Crippen LogP contribution is -2.21. The second kappa shape index (κ2) is 7.79. The van der Waals surface area contributed by atoms with E-state index in [4.69, 9.17) is 9.84 Å². The molecular formula is C19H23NO3. The van der Waals surface area contributed by atoms with Crippen LogP contribution in [0.15, 0.2) is 42.5 Å². The first-order chi connectivity index (χ1) is 11.0. The van der Waals surface area contributed by atoms with Gasteiger partial charge in [0.15, 0.2) is 6.61 Å². The Morgan fingerprint density at radius 2 is 1.96 bits per heavy atom. The summed E-state index contributed by atoms with van der Waals surface area (Å²) in [6, 6.07) is 13.1. The lowest BCUT2D eigenvalue weighted by Gasteiger charge is -2.16. The lowest BCUT2D eigenvalue weighted by atomic mass is 9.98. The number of carbonyl (C=O) groups is 1. The predicted molar refractivity (Wildman–Crippen MR) is 91.8 cm³/mol. The molecule has 0 aromatic heterocycles. The van der Waals surface area contributed by atoms with E-state index in [1.54, 1.807) is 24.3 Å². The molecular weight excluding hydrogens is 290 g/mol. The number of para-hydroxylation sites is 1. The molecule has 0 atom stereocenters. The molecule has 2 aromatic carbocycles. The highest BCUT2D eigenvalue weighted by Crippen LogP contribution is 2.27. The molecule has 0 saturated carbocycles. The van der Waals surface area contributed by atoms with Crippen molar-refractivity contribution in [3.05, 3.63) is 59.2 Å². The van der Waals surface area contributed by atoms with Gasteiger partial charge < -0.3 is 15.2 Å². The number of aryl methyl sites for hydroxylation is 1. The van der Waals surface area contributed by atoms with Crippen LogP contribution in [-0.4, -0.2) is 17.6 Å². The molecule has 4 heteroatoms. The molecule has 0 saturated heterocycles. The maximum atomic E-state index is 12.2. The Hall–Kier alpha value is -2.33. The van der Waals surface area contributed by atoms with E-state index in [-0.39, 0.29) is 19.1 Å². The molecule has 0 aliphatic carbocycles. The number of nitrogens with one attached hydrogen (secondary N) is 1. The normalized spacial score (nSPS) is 10.7. The van der Waals surface area contributed by atoms with Crippen molar-refractivity contribution in [3.63, 3.8) is 0 Å². The van der Waals surface area contributed by atoms with Gasteiger partial charge in [0.1, 0.15) is 5.75 Å². The van der Waals surface area contributed by atoms with E-state index in [1.807, 2.05) is 25.1 Å². The Morgan fingerprint density at radius 3 is 2.65 bits per heavy atom. The summed E-state index contributed by atoms with van der Waals surface area (Å²) in [6.07, 6.45) is 0. The molecule has 122 valence electrons. The van der Waals surface area contributed by atoms with Crippen LogP contribution in [0.1, 0.15) is 36.5 Å². The number of carbonyl (C=O) groups excluding carboxylic acids is 1. The largest absolute Gasteiger partial charge is 0.484 e. The Balaban J connectivity index is 2.03. The molecule has 0 heterocycles. The Morgan fingerprint density at radius 1 is 1.22 bits per heavy atom. The van der Waals surface area contributed by atoms with Crippen molar-refractivity contribution in [1.29, 1.82) is 0 Å². The van der Waals surface area contributed by atoms with Gasteiger partial charge in [-0.1, -0.05) is 44.2 Å². The third-order valence-electron chi connectivity index (χ3n) is 3.64. The first-order valence-corrected chi connectivity index (χ1v) is 7.73. The molecule has 0 aliphatic rings. The molecule has 0 spiro atoms. The van der Waals surface area contributed by atoms with Gasteiger partial charge in [0.2, 0.25) is 0 Å². The minimum absolute atomic E-state index is 0.0512. The van der Waals surface area contributed by atoms with Gasteiger partial charge >= 0.3 is 0 Å². The standard InChI is InChI=1S/C19H23NO3/c1-13(2)17-9-4-6-14(3)19(17)20-18(22)12-23-16-8-5-7-15(10-16)11-21/h4-10,13,21H,11-12H2,1-3H3,(H,20,22). The summed E-state index contributed by atoms with van der Waals surface area (Å²) in [4.78, 5) is 12.2. The fraction of sp³-hybridized carbons (Fsp3) is 0.316. The summed E-state index contributed by atoms with van der Waals surface area (Å²) in [5, 5.41) is 12.1. The van der Waals surface area contributed by atoms with Crippen LogP contribution in [0.25, 0.3) is 0 Å². The minimum Gasteiger partial charge on any atom is -0.484 e. The van der Waals surface area contributed by atoms with E-state index in [2.05, 4.69) is 19.2 Å². The molecule has 0 bridgehead atoms. The maximum Gasteiger partial charge on any atom is 0.262 e. The number of amides is 1. The fourth-order valence-corrected chi connectivity index (χ4v) is 2.40. The first kappa shape index (κ1) is 17.0. The Kier molecular flexibility index (Phi) is 5.77. The summed E-state index contributed by atoms with van der Waals surface area (Å²) in [7, 11) is 0. The van der Waals surface area contributed by atoms with Crippen molar-refractivity contribution >= 4 is 11.6 Å². The van der Waals surface area contributed by atoms with Gasteiger partial charge in [-0.25, -0.2) is 0 Å². The van der Waals surface area contributed by atoms with Gasteiger partial charge in [-0.15, -0.1) is 0 Å². The van der Waals surface area contributed by atoms with E-state index in [9.17, 15) is 4.79 Å². The zero-order valence-corrected chi connectivity index (χ0v) is 13.8. The van der Waals surface area contributed by atoms with Crippen molar-refractivity contribution in [2.75, 3.05) is 11.9 Å². The van der Waals surface area contributed by atoms with Crippen molar-refractivity contribution in [3.8, 4) is 5.75 Å². The number of aliphatic hydroxyl groups is 1. The molecule has 2 aromatic rings. The van der Waals surface area contributed by atoms with Crippen LogP contribution < -0.4 is 10.1 Å². The van der Waals surface area contributed by atoms with Gasteiger partial charge in [0.05, 0.1) is 6.61 Å². The zero-order chi connectivity index (χ0) is 16.8.